The summed E-state index contributed by atoms with van der Waals surface area (Å²) in [7, 11) is 0. The number of hydrogen-bond acceptors (Lipinski definition) is 4. The maximum atomic E-state index is 9.01. The molecule has 0 aliphatic rings. The van der Waals surface area contributed by atoms with Crippen molar-refractivity contribution in [1.29, 1.82) is 0 Å². The molecular formula is C8H12ClN3O. The van der Waals surface area contributed by atoms with Gasteiger partial charge in [-0.25, -0.2) is 9.97 Å². The van der Waals surface area contributed by atoms with E-state index in [9.17, 15) is 0 Å². The van der Waals surface area contributed by atoms with Gasteiger partial charge in [0.25, 0.3) is 0 Å². The van der Waals surface area contributed by atoms with Crippen molar-refractivity contribution in [3.63, 3.8) is 0 Å². The second-order valence-corrected chi connectivity index (χ2v) is 3.24. The van der Waals surface area contributed by atoms with E-state index in [2.05, 4.69) is 15.3 Å². The van der Waals surface area contributed by atoms with Gasteiger partial charge in [0.2, 0.25) is 0 Å². The number of rotatable bonds is 3. The minimum atomic E-state index is -0.408. The van der Waals surface area contributed by atoms with Gasteiger partial charge in [-0.1, -0.05) is 11.6 Å². The Kier molecular flexibility index (Phi) is 3.45. The average molecular weight is 202 g/mol. The van der Waals surface area contributed by atoms with Crippen LogP contribution < -0.4 is 5.32 Å². The largest absolute Gasteiger partial charge is 0.392 e. The van der Waals surface area contributed by atoms with Crippen LogP contribution in [0, 0.1) is 6.92 Å². The van der Waals surface area contributed by atoms with Gasteiger partial charge in [0.05, 0.1) is 6.10 Å². The third-order valence-electron chi connectivity index (χ3n) is 1.39. The lowest BCUT2D eigenvalue weighted by Gasteiger charge is -2.07. The summed E-state index contributed by atoms with van der Waals surface area (Å²) >= 11 is 5.71. The highest BCUT2D eigenvalue weighted by atomic mass is 35.5. The molecule has 1 rings (SSSR count). The summed E-state index contributed by atoms with van der Waals surface area (Å²) in [5.41, 5.74) is 0. The lowest BCUT2D eigenvalue weighted by molar-refractivity contribution is 0.208. The number of aryl methyl sites for hydroxylation is 1. The molecular weight excluding hydrogens is 190 g/mol. The number of halogens is 1. The Morgan fingerprint density at radius 2 is 2.31 bits per heavy atom. The van der Waals surface area contributed by atoms with E-state index >= 15 is 0 Å². The molecule has 2 N–H and O–H groups in total. The lowest BCUT2D eigenvalue weighted by Crippen LogP contribution is -2.16. The monoisotopic (exact) mass is 201 g/mol. The molecule has 0 radical (unpaired) electrons. The molecule has 1 heterocycles. The molecule has 0 amide bonds. The summed E-state index contributed by atoms with van der Waals surface area (Å²) in [5, 5.41) is 12.4. The normalized spacial score (nSPS) is 12.6. The SMILES string of the molecule is Cc1nc(Cl)cc(NCC(C)O)n1. The summed E-state index contributed by atoms with van der Waals surface area (Å²) in [6.45, 7) is 3.91. The van der Waals surface area contributed by atoms with Crippen molar-refractivity contribution >= 4 is 17.4 Å². The van der Waals surface area contributed by atoms with Crippen molar-refractivity contribution in [2.75, 3.05) is 11.9 Å². The van der Waals surface area contributed by atoms with Crippen molar-refractivity contribution < 1.29 is 5.11 Å². The number of aliphatic hydroxyl groups is 1. The minimum Gasteiger partial charge on any atom is -0.392 e. The fourth-order valence-electron chi connectivity index (χ4n) is 0.874. The van der Waals surface area contributed by atoms with E-state index in [4.69, 9.17) is 16.7 Å². The first-order valence-corrected chi connectivity index (χ1v) is 4.39. The molecule has 1 aromatic heterocycles. The molecule has 1 atom stereocenters. The van der Waals surface area contributed by atoms with Crippen LogP contribution >= 0.6 is 11.6 Å². The predicted octanol–water partition coefficient (Wildman–Crippen LogP) is 1.23. The molecule has 0 spiro atoms. The first-order valence-electron chi connectivity index (χ1n) is 4.01. The Labute approximate surface area is 82.0 Å². The summed E-state index contributed by atoms with van der Waals surface area (Å²) in [4.78, 5) is 8.00. The topological polar surface area (TPSA) is 58.0 Å². The predicted molar refractivity (Wildman–Crippen MR) is 51.9 cm³/mol. The number of nitrogens with zero attached hydrogens (tertiary/aromatic N) is 2. The van der Waals surface area contributed by atoms with Crippen LogP contribution in [-0.2, 0) is 0 Å². The van der Waals surface area contributed by atoms with Crippen molar-refractivity contribution in [3.05, 3.63) is 17.0 Å². The van der Waals surface area contributed by atoms with Gasteiger partial charge in [0.1, 0.15) is 16.8 Å². The zero-order valence-electron chi connectivity index (χ0n) is 7.58. The van der Waals surface area contributed by atoms with Crippen LogP contribution in [-0.4, -0.2) is 27.7 Å². The van der Waals surface area contributed by atoms with Gasteiger partial charge in [-0.15, -0.1) is 0 Å². The molecule has 5 heteroatoms. The van der Waals surface area contributed by atoms with E-state index < -0.39 is 6.10 Å². The summed E-state index contributed by atoms with van der Waals surface area (Å²) < 4.78 is 0. The van der Waals surface area contributed by atoms with Crippen LogP contribution in [0.2, 0.25) is 5.15 Å². The molecule has 0 saturated carbocycles. The highest BCUT2D eigenvalue weighted by Crippen LogP contribution is 2.10. The Balaban J connectivity index is 2.66. The molecule has 1 aromatic rings. The van der Waals surface area contributed by atoms with Crippen LogP contribution in [0.15, 0.2) is 6.07 Å². The van der Waals surface area contributed by atoms with Gasteiger partial charge in [0, 0.05) is 12.6 Å². The molecule has 0 bridgehead atoms. The van der Waals surface area contributed by atoms with Crippen molar-refractivity contribution in [2.45, 2.75) is 20.0 Å². The standard InChI is InChI=1S/C8H12ClN3O/c1-5(13)4-10-8-3-7(9)11-6(2)12-8/h3,5,13H,4H2,1-2H3,(H,10,11,12). The van der Waals surface area contributed by atoms with Crippen LogP contribution in [0.4, 0.5) is 5.82 Å². The Morgan fingerprint density at radius 1 is 1.62 bits per heavy atom. The Bertz CT molecular complexity index is 270. The summed E-state index contributed by atoms with van der Waals surface area (Å²) in [6, 6.07) is 1.62. The molecule has 72 valence electrons. The highest BCUT2D eigenvalue weighted by Gasteiger charge is 2.00. The van der Waals surface area contributed by atoms with E-state index in [1.54, 1.807) is 19.9 Å². The van der Waals surface area contributed by atoms with Gasteiger partial charge in [0.15, 0.2) is 0 Å². The van der Waals surface area contributed by atoms with E-state index in [-0.39, 0.29) is 0 Å². The maximum absolute atomic E-state index is 9.01. The quantitative estimate of drug-likeness (QED) is 0.723. The Hall–Kier alpha value is -0.870. The first kappa shape index (κ1) is 10.2. The number of aromatic nitrogens is 2. The van der Waals surface area contributed by atoms with Crippen LogP contribution in [0.3, 0.4) is 0 Å². The molecule has 0 aliphatic heterocycles. The molecule has 0 aromatic carbocycles. The van der Waals surface area contributed by atoms with E-state index in [0.717, 1.165) is 0 Å². The molecule has 0 fully saturated rings. The molecule has 13 heavy (non-hydrogen) atoms. The van der Waals surface area contributed by atoms with Gasteiger partial charge >= 0.3 is 0 Å². The molecule has 1 unspecified atom stereocenters. The zero-order chi connectivity index (χ0) is 9.84. The van der Waals surface area contributed by atoms with Crippen molar-refractivity contribution in [3.8, 4) is 0 Å². The van der Waals surface area contributed by atoms with Gasteiger partial charge in [-0.05, 0) is 13.8 Å². The van der Waals surface area contributed by atoms with Crippen LogP contribution in [0.5, 0.6) is 0 Å². The summed E-state index contributed by atoms with van der Waals surface area (Å²) in [6.07, 6.45) is -0.408. The third kappa shape index (κ3) is 3.57. The number of anilines is 1. The maximum Gasteiger partial charge on any atom is 0.134 e. The number of aliphatic hydroxyl groups excluding tert-OH is 1. The van der Waals surface area contributed by atoms with E-state index in [1.807, 2.05) is 0 Å². The summed E-state index contributed by atoms with van der Waals surface area (Å²) in [5.74, 6) is 1.25. The fourth-order valence-corrected chi connectivity index (χ4v) is 1.10. The average Bonchev–Trinajstić information content (AvgIpc) is 1.99. The molecule has 4 nitrogen and oxygen atoms in total. The second kappa shape index (κ2) is 4.39. The van der Waals surface area contributed by atoms with Crippen molar-refractivity contribution in [2.24, 2.45) is 0 Å². The smallest absolute Gasteiger partial charge is 0.134 e. The van der Waals surface area contributed by atoms with E-state index in [0.29, 0.717) is 23.3 Å². The molecule has 0 saturated heterocycles. The minimum absolute atomic E-state index is 0.403. The fraction of sp³-hybridized carbons (Fsp3) is 0.500. The zero-order valence-corrected chi connectivity index (χ0v) is 8.34. The number of nitrogens with one attached hydrogen (secondary N) is 1. The highest BCUT2D eigenvalue weighted by molar-refractivity contribution is 6.29. The Morgan fingerprint density at radius 3 is 2.85 bits per heavy atom. The molecule has 0 aliphatic carbocycles. The van der Waals surface area contributed by atoms with E-state index in [1.165, 1.54) is 0 Å². The number of hydrogen-bond donors (Lipinski definition) is 2. The van der Waals surface area contributed by atoms with Gasteiger partial charge in [-0.3, -0.25) is 0 Å². The lowest BCUT2D eigenvalue weighted by atomic mass is 10.4. The third-order valence-corrected chi connectivity index (χ3v) is 1.58. The van der Waals surface area contributed by atoms with Crippen molar-refractivity contribution in [1.82, 2.24) is 9.97 Å². The van der Waals surface area contributed by atoms with Crippen LogP contribution in [0.25, 0.3) is 0 Å². The van der Waals surface area contributed by atoms with Gasteiger partial charge in [-0.2, -0.15) is 0 Å². The first-order chi connectivity index (χ1) is 6.08. The van der Waals surface area contributed by atoms with Gasteiger partial charge < -0.3 is 10.4 Å². The second-order valence-electron chi connectivity index (χ2n) is 2.85. The van der Waals surface area contributed by atoms with Crippen LogP contribution in [0.1, 0.15) is 12.7 Å².